The van der Waals surface area contributed by atoms with Crippen molar-refractivity contribution >= 4 is 21.5 Å². The summed E-state index contributed by atoms with van der Waals surface area (Å²) in [5, 5.41) is 0. The Morgan fingerprint density at radius 1 is 1.07 bits per heavy atom. The van der Waals surface area contributed by atoms with E-state index in [2.05, 4.69) is 22.9 Å². The highest BCUT2D eigenvalue weighted by molar-refractivity contribution is 7.89. The maximum absolute atomic E-state index is 12.8. The average Bonchev–Trinajstić information content (AvgIpc) is 2.67. The van der Waals surface area contributed by atoms with E-state index in [1.165, 1.54) is 23.3 Å². The predicted octanol–water partition coefficient (Wildman–Crippen LogP) is 3.30. The molecule has 0 atom stereocenters. The van der Waals surface area contributed by atoms with Crippen LogP contribution >= 0.6 is 0 Å². The van der Waals surface area contributed by atoms with Gasteiger partial charge in [0, 0.05) is 24.7 Å². The number of hydrogen-bond donors (Lipinski definition) is 1. The van der Waals surface area contributed by atoms with Crippen LogP contribution in [0.15, 0.2) is 65.6 Å². The molecule has 0 fully saturated rings. The summed E-state index contributed by atoms with van der Waals surface area (Å²) in [5.74, 6) is -0.153. The molecule has 1 N–H and O–H groups in total. The second kappa shape index (κ2) is 8.06. The Balaban J connectivity index is 1.76. The van der Waals surface area contributed by atoms with Gasteiger partial charge in [-0.05, 0) is 49.6 Å². The Morgan fingerprint density at radius 3 is 2.44 bits per heavy atom. The highest BCUT2D eigenvalue weighted by Gasteiger charge is 2.22. The van der Waals surface area contributed by atoms with Crippen LogP contribution in [0, 0.1) is 0 Å². The van der Waals surface area contributed by atoms with Crippen LogP contribution in [-0.2, 0) is 10.0 Å². The standard InChI is InChI=1S/C21H24N2O3S/c1-16(2)22-27(25,26)20-10-6-9-19(15-20)21(24)23-13-11-18(12-14-23)17-7-4-3-5-8-17/h3-11,15-16,22H,12-14H2,1-2H3. The van der Waals surface area contributed by atoms with Crippen molar-refractivity contribution in [1.29, 1.82) is 0 Å². The summed E-state index contributed by atoms with van der Waals surface area (Å²) < 4.78 is 27.2. The molecule has 0 radical (unpaired) electrons. The molecule has 0 bridgehead atoms. The molecule has 142 valence electrons. The second-order valence-corrected chi connectivity index (χ2v) is 8.61. The summed E-state index contributed by atoms with van der Waals surface area (Å²) in [6.45, 7) is 4.65. The normalized spacial score (nSPS) is 14.9. The largest absolute Gasteiger partial charge is 0.335 e. The first-order valence-corrected chi connectivity index (χ1v) is 10.5. The number of rotatable bonds is 5. The molecule has 0 saturated carbocycles. The van der Waals surface area contributed by atoms with Gasteiger partial charge in [-0.15, -0.1) is 0 Å². The van der Waals surface area contributed by atoms with Crippen LogP contribution < -0.4 is 4.72 Å². The Bertz CT molecular complexity index is 950. The van der Waals surface area contributed by atoms with Gasteiger partial charge in [-0.3, -0.25) is 4.79 Å². The summed E-state index contributed by atoms with van der Waals surface area (Å²) >= 11 is 0. The second-order valence-electron chi connectivity index (χ2n) is 6.90. The number of carbonyl (C=O) groups excluding carboxylic acids is 1. The highest BCUT2D eigenvalue weighted by Crippen LogP contribution is 2.23. The van der Waals surface area contributed by atoms with Gasteiger partial charge in [0.25, 0.3) is 5.91 Å². The molecule has 1 heterocycles. The van der Waals surface area contributed by atoms with Crippen LogP contribution in [0.1, 0.15) is 36.2 Å². The molecule has 0 spiro atoms. The highest BCUT2D eigenvalue weighted by atomic mass is 32.2. The number of sulfonamides is 1. The molecular weight excluding hydrogens is 360 g/mol. The van der Waals surface area contributed by atoms with E-state index in [9.17, 15) is 13.2 Å². The van der Waals surface area contributed by atoms with Gasteiger partial charge in [0.05, 0.1) is 4.90 Å². The lowest BCUT2D eigenvalue weighted by atomic mass is 9.99. The van der Waals surface area contributed by atoms with Crippen LogP contribution in [0.5, 0.6) is 0 Å². The van der Waals surface area contributed by atoms with Crippen molar-refractivity contribution < 1.29 is 13.2 Å². The zero-order chi connectivity index (χ0) is 19.4. The molecule has 0 saturated heterocycles. The minimum absolute atomic E-state index is 0.111. The maximum Gasteiger partial charge on any atom is 0.254 e. The van der Waals surface area contributed by atoms with E-state index in [4.69, 9.17) is 0 Å². The lowest BCUT2D eigenvalue weighted by molar-refractivity contribution is 0.0772. The zero-order valence-electron chi connectivity index (χ0n) is 15.6. The Kier molecular flexibility index (Phi) is 5.77. The van der Waals surface area contributed by atoms with Gasteiger partial charge in [0.15, 0.2) is 0 Å². The topological polar surface area (TPSA) is 66.5 Å². The molecule has 3 rings (SSSR count). The van der Waals surface area contributed by atoms with Gasteiger partial charge in [0.2, 0.25) is 10.0 Å². The van der Waals surface area contributed by atoms with E-state index in [-0.39, 0.29) is 16.8 Å². The minimum atomic E-state index is -3.62. The first-order valence-electron chi connectivity index (χ1n) is 9.03. The Hall–Kier alpha value is -2.44. The summed E-state index contributed by atoms with van der Waals surface area (Å²) in [4.78, 5) is 14.7. The molecule has 27 heavy (non-hydrogen) atoms. The average molecular weight is 385 g/mol. The molecule has 0 aromatic heterocycles. The van der Waals surface area contributed by atoms with E-state index in [0.717, 1.165) is 6.42 Å². The van der Waals surface area contributed by atoms with E-state index in [1.54, 1.807) is 30.9 Å². The van der Waals surface area contributed by atoms with Crippen LogP contribution in [0.2, 0.25) is 0 Å². The minimum Gasteiger partial charge on any atom is -0.335 e. The maximum atomic E-state index is 12.8. The van der Waals surface area contributed by atoms with E-state index < -0.39 is 10.0 Å². The molecular formula is C21H24N2O3S. The van der Waals surface area contributed by atoms with Gasteiger partial charge in [-0.1, -0.05) is 42.5 Å². The van der Waals surface area contributed by atoms with Crippen molar-refractivity contribution in [2.45, 2.75) is 31.2 Å². The smallest absolute Gasteiger partial charge is 0.254 e. The molecule has 1 amide bonds. The SMILES string of the molecule is CC(C)NS(=O)(=O)c1cccc(C(=O)N2CC=C(c3ccccc3)CC2)c1. The van der Waals surface area contributed by atoms with Crippen molar-refractivity contribution in [1.82, 2.24) is 9.62 Å². The van der Waals surface area contributed by atoms with Gasteiger partial charge in [-0.25, -0.2) is 13.1 Å². The first-order chi connectivity index (χ1) is 12.9. The summed E-state index contributed by atoms with van der Waals surface area (Å²) in [5.41, 5.74) is 2.80. The van der Waals surface area contributed by atoms with Gasteiger partial charge < -0.3 is 4.90 Å². The van der Waals surface area contributed by atoms with Crippen molar-refractivity contribution in [3.8, 4) is 0 Å². The molecule has 5 nitrogen and oxygen atoms in total. The number of amides is 1. The van der Waals surface area contributed by atoms with Crippen molar-refractivity contribution in [3.63, 3.8) is 0 Å². The van der Waals surface area contributed by atoms with Crippen LogP contribution in [0.25, 0.3) is 5.57 Å². The fourth-order valence-corrected chi connectivity index (χ4v) is 4.42. The molecule has 0 unspecified atom stereocenters. The first kappa shape index (κ1) is 19.3. The lowest BCUT2D eigenvalue weighted by Crippen LogP contribution is -2.35. The predicted molar refractivity (Wildman–Crippen MR) is 107 cm³/mol. The number of hydrogen-bond acceptors (Lipinski definition) is 3. The molecule has 2 aromatic carbocycles. The van der Waals surface area contributed by atoms with Crippen molar-refractivity contribution in [2.75, 3.05) is 13.1 Å². The van der Waals surface area contributed by atoms with Crippen molar-refractivity contribution in [3.05, 3.63) is 71.8 Å². The number of benzene rings is 2. The third kappa shape index (κ3) is 4.64. The summed E-state index contributed by atoms with van der Waals surface area (Å²) in [6, 6.07) is 16.1. The van der Waals surface area contributed by atoms with Crippen LogP contribution in [0.3, 0.4) is 0 Å². The fourth-order valence-electron chi connectivity index (χ4n) is 3.13. The molecule has 1 aliphatic rings. The molecule has 0 aliphatic carbocycles. The van der Waals surface area contributed by atoms with E-state index in [1.807, 2.05) is 18.2 Å². The monoisotopic (exact) mass is 384 g/mol. The van der Waals surface area contributed by atoms with Gasteiger partial charge >= 0.3 is 0 Å². The zero-order valence-corrected chi connectivity index (χ0v) is 16.4. The molecule has 6 heteroatoms. The third-order valence-corrected chi connectivity index (χ3v) is 6.08. The van der Waals surface area contributed by atoms with Crippen molar-refractivity contribution in [2.24, 2.45) is 0 Å². The molecule has 1 aliphatic heterocycles. The van der Waals surface area contributed by atoms with E-state index in [0.29, 0.717) is 18.7 Å². The molecule has 2 aromatic rings. The fraction of sp³-hybridized carbons (Fsp3) is 0.286. The Morgan fingerprint density at radius 2 is 1.81 bits per heavy atom. The summed E-state index contributed by atoms with van der Waals surface area (Å²) in [6.07, 6.45) is 2.85. The lowest BCUT2D eigenvalue weighted by Gasteiger charge is -2.27. The Labute approximate surface area is 160 Å². The summed E-state index contributed by atoms with van der Waals surface area (Å²) in [7, 11) is -3.62. The van der Waals surface area contributed by atoms with Gasteiger partial charge in [0.1, 0.15) is 0 Å². The van der Waals surface area contributed by atoms with E-state index >= 15 is 0 Å². The number of carbonyl (C=O) groups is 1. The van der Waals surface area contributed by atoms with Crippen LogP contribution in [0.4, 0.5) is 0 Å². The van der Waals surface area contributed by atoms with Crippen LogP contribution in [-0.4, -0.2) is 38.4 Å². The number of nitrogens with one attached hydrogen (secondary N) is 1. The third-order valence-electron chi connectivity index (χ3n) is 4.42. The number of nitrogens with zero attached hydrogens (tertiary/aromatic N) is 1. The quantitative estimate of drug-likeness (QED) is 0.860. The van der Waals surface area contributed by atoms with Gasteiger partial charge in [-0.2, -0.15) is 0 Å².